The fraction of sp³-hybridized carbons (Fsp3) is 0.381. The van der Waals surface area contributed by atoms with Crippen molar-refractivity contribution < 1.29 is 38.1 Å². The predicted molar refractivity (Wildman–Crippen MR) is 104 cm³/mol. The van der Waals surface area contributed by atoms with Crippen LogP contribution in [0.5, 0.6) is 5.75 Å². The van der Waals surface area contributed by atoms with Crippen molar-refractivity contribution in [2.24, 2.45) is 0 Å². The van der Waals surface area contributed by atoms with Crippen LogP contribution in [0.2, 0.25) is 0 Å². The average Bonchev–Trinajstić information content (AvgIpc) is 3.30. The molecule has 0 saturated carbocycles. The number of hydrogen-bond donors (Lipinski definition) is 1. The number of aliphatic hydroxyl groups is 1. The molecule has 1 N–H and O–H groups in total. The van der Waals surface area contributed by atoms with Crippen molar-refractivity contribution in [1.82, 2.24) is 0 Å². The molecule has 0 bridgehead atoms. The number of hydrogen-bond acceptors (Lipinski definition) is 8. The smallest absolute Gasteiger partial charge is 0.421 e. The van der Waals surface area contributed by atoms with Crippen molar-refractivity contribution in [2.75, 3.05) is 25.2 Å². The van der Waals surface area contributed by atoms with Crippen LogP contribution in [-0.4, -0.2) is 49.0 Å². The first kappa shape index (κ1) is 21.4. The minimum Gasteiger partial charge on any atom is -0.497 e. The van der Waals surface area contributed by atoms with Crippen molar-refractivity contribution in [2.45, 2.75) is 31.8 Å². The number of carbonyl (C=O) groups excluding carboxylic acids is 3. The van der Waals surface area contributed by atoms with Gasteiger partial charge in [-0.25, -0.2) is 14.5 Å². The van der Waals surface area contributed by atoms with Gasteiger partial charge < -0.3 is 23.7 Å². The van der Waals surface area contributed by atoms with Gasteiger partial charge in [0.2, 0.25) is 5.76 Å². The van der Waals surface area contributed by atoms with Crippen LogP contribution < -0.4 is 9.64 Å². The molecular weight excluding hydrogens is 394 g/mol. The second kappa shape index (κ2) is 7.83. The number of imide groups is 1. The number of furan rings is 1. The lowest BCUT2D eigenvalue weighted by Crippen LogP contribution is -2.49. The zero-order chi connectivity index (χ0) is 22.1. The molecule has 160 valence electrons. The van der Waals surface area contributed by atoms with Crippen molar-refractivity contribution in [1.29, 1.82) is 0 Å². The summed E-state index contributed by atoms with van der Waals surface area (Å²) in [6.07, 6.45) is 0.412. The minimum absolute atomic E-state index is 0.0524. The molecule has 1 atom stereocenters. The number of anilines is 1. The molecular formula is C21H23NO8. The van der Waals surface area contributed by atoms with E-state index in [1.807, 2.05) is 0 Å². The lowest BCUT2D eigenvalue weighted by atomic mass is 9.83. The topological polar surface area (TPSA) is 116 Å². The van der Waals surface area contributed by atoms with Gasteiger partial charge in [0.05, 0.1) is 25.7 Å². The lowest BCUT2D eigenvalue weighted by molar-refractivity contribution is -0.126. The molecule has 0 aliphatic carbocycles. The predicted octanol–water partition coefficient (Wildman–Crippen LogP) is 2.66. The second-order valence-electron chi connectivity index (χ2n) is 7.80. The average molecular weight is 417 g/mol. The number of ether oxygens (including phenoxy) is 3. The largest absolute Gasteiger partial charge is 0.497 e. The molecule has 9 nitrogen and oxygen atoms in total. The Morgan fingerprint density at radius 3 is 2.53 bits per heavy atom. The Hall–Kier alpha value is -3.33. The third-order valence-corrected chi connectivity index (χ3v) is 4.59. The van der Waals surface area contributed by atoms with Gasteiger partial charge in [-0.15, -0.1) is 0 Å². The van der Waals surface area contributed by atoms with Crippen LogP contribution in [-0.2, 0) is 19.7 Å². The van der Waals surface area contributed by atoms with E-state index in [9.17, 15) is 19.5 Å². The number of amides is 2. The van der Waals surface area contributed by atoms with E-state index >= 15 is 0 Å². The molecule has 1 aromatic carbocycles. The van der Waals surface area contributed by atoms with Gasteiger partial charge in [0.15, 0.2) is 0 Å². The second-order valence-corrected chi connectivity index (χ2v) is 7.80. The van der Waals surface area contributed by atoms with Crippen molar-refractivity contribution in [3.8, 4) is 5.75 Å². The summed E-state index contributed by atoms with van der Waals surface area (Å²) in [5.41, 5.74) is -2.05. The molecule has 1 aromatic heterocycles. The highest BCUT2D eigenvalue weighted by Crippen LogP contribution is 2.44. The van der Waals surface area contributed by atoms with Crippen molar-refractivity contribution in [3.63, 3.8) is 0 Å². The lowest BCUT2D eigenvalue weighted by Gasteiger charge is -2.27. The maximum Gasteiger partial charge on any atom is 0.421 e. The Morgan fingerprint density at radius 1 is 1.23 bits per heavy atom. The van der Waals surface area contributed by atoms with Crippen molar-refractivity contribution in [3.05, 3.63) is 47.9 Å². The fourth-order valence-corrected chi connectivity index (χ4v) is 3.14. The molecule has 0 spiro atoms. The normalized spacial score (nSPS) is 18.2. The summed E-state index contributed by atoms with van der Waals surface area (Å²) in [5, 5.41) is 10.2. The molecule has 0 unspecified atom stereocenters. The molecule has 1 aliphatic heterocycles. The Kier molecular flexibility index (Phi) is 5.58. The van der Waals surface area contributed by atoms with E-state index in [4.69, 9.17) is 18.6 Å². The van der Waals surface area contributed by atoms with Gasteiger partial charge in [-0.1, -0.05) is 0 Å². The molecule has 2 aromatic rings. The number of rotatable bonds is 5. The quantitative estimate of drug-likeness (QED) is 0.739. The van der Waals surface area contributed by atoms with Crippen LogP contribution >= 0.6 is 0 Å². The molecule has 9 heteroatoms. The van der Waals surface area contributed by atoms with Gasteiger partial charge in [-0.2, -0.15) is 0 Å². The van der Waals surface area contributed by atoms with E-state index < -0.39 is 42.2 Å². The molecule has 2 heterocycles. The molecule has 0 saturated heterocycles. The highest BCUT2D eigenvalue weighted by atomic mass is 16.6. The summed E-state index contributed by atoms with van der Waals surface area (Å²) in [5.74, 6) is -1.22. The highest BCUT2D eigenvalue weighted by molar-refractivity contribution is 6.21. The maximum atomic E-state index is 13.4. The number of fused-ring (bicyclic) bond motifs is 1. The maximum absolute atomic E-state index is 13.4. The van der Waals surface area contributed by atoms with Gasteiger partial charge in [0.25, 0.3) is 5.91 Å². The Labute approximate surface area is 173 Å². The first-order chi connectivity index (χ1) is 14.1. The van der Waals surface area contributed by atoms with Gasteiger partial charge in [0, 0.05) is 5.56 Å². The molecule has 3 rings (SSSR count). The van der Waals surface area contributed by atoms with E-state index in [2.05, 4.69) is 0 Å². The van der Waals surface area contributed by atoms with E-state index in [0.717, 1.165) is 4.90 Å². The zero-order valence-electron chi connectivity index (χ0n) is 17.1. The third kappa shape index (κ3) is 3.76. The summed E-state index contributed by atoms with van der Waals surface area (Å²) in [4.78, 5) is 39.2. The third-order valence-electron chi connectivity index (χ3n) is 4.59. The Bertz CT molecular complexity index is 960. The number of methoxy groups -OCH3 is 1. The van der Waals surface area contributed by atoms with Gasteiger partial charge >= 0.3 is 12.1 Å². The van der Waals surface area contributed by atoms with Gasteiger partial charge in [-0.3, -0.25) is 4.79 Å². The number of aliphatic hydroxyl groups excluding tert-OH is 1. The summed E-state index contributed by atoms with van der Waals surface area (Å²) in [6, 6.07) is 7.54. The molecule has 0 fully saturated rings. The summed E-state index contributed by atoms with van der Waals surface area (Å²) in [6.45, 7) is 3.79. The SMILES string of the molecule is COc1ccc2c(c1)[C@](CO)(COC(=O)c1ccco1)C(=O)N2C(=O)OC(C)(C)C. The van der Waals surface area contributed by atoms with Gasteiger partial charge in [-0.05, 0) is 51.1 Å². The Morgan fingerprint density at radius 2 is 1.97 bits per heavy atom. The molecule has 0 radical (unpaired) electrons. The summed E-state index contributed by atoms with van der Waals surface area (Å²) in [7, 11) is 1.45. The summed E-state index contributed by atoms with van der Waals surface area (Å²) < 4.78 is 20.8. The van der Waals surface area contributed by atoms with E-state index in [1.165, 1.54) is 37.6 Å². The first-order valence-electron chi connectivity index (χ1n) is 9.20. The van der Waals surface area contributed by atoms with Crippen LogP contribution in [0.25, 0.3) is 0 Å². The van der Waals surface area contributed by atoms with Crippen molar-refractivity contribution >= 4 is 23.7 Å². The molecule has 30 heavy (non-hydrogen) atoms. The summed E-state index contributed by atoms with van der Waals surface area (Å²) >= 11 is 0. The monoisotopic (exact) mass is 417 g/mol. The fourth-order valence-electron chi connectivity index (χ4n) is 3.14. The molecule has 2 amide bonds. The first-order valence-corrected chi connectivity index (χ1v) is 9.20. The van der Waals surface area contributed by atoms with Crippen LogP contribution in [0.1, 0.15) is 36.9 Å². The number of esters is 1. The number of carbonyl (C=O) groups is 3. The standard InChI is InChI=1S/C21H23NO8/c1-20(2,3)30-19(26)22-15-8-7-13(27-4)10-14(15)21(11-23,18(22)25)12-29-17(24)16-6-5-9-28-16/h5-10,23H,11-12H2,1-4H3/t21-/m0/s1. The van der Waals surface area contributed by atoms with Crippen LogP contribution in [0, 0.1) is 0 Å². The Balaban J connectivity index is 2.01. The van der Waals surface area contributed by atoms with E-state index in [1.54, 1.807) is 26.8 Å². The van der Waals surface area contributed by atoms with Crippen LogP contribution in [0.3, 0.4) is 0 Å². The highest BCUT2D eigenvalue weighted by Gasteiger charge is 2.55. The number of benzene rings is 1. The zero-order valence-corrected chi connectivity index (χ0v) is 17.1. The van der Waals surface area contributed by atoms with Gasteiger partial charge in [0.1, 0.15) is 23.4 Å². The minimum atomic E-state index is -1.71. The van der Waals surface area contributed by atoms with Crippen LogP contribution in [0.4, 0.5) is 10.5 Å². The van der Waals surface area contributed by atoms with E-state index in [-0.39, 0.29) is 17.0 Å². The van der Waals surface area contributed by atoms with E-state index in [0.29, 0.717) is 5.75 Å². The molecule has 1 aliphatic rings. The number of nitrogens with zero attached hydrogens (tertiary/aromatic N) is 1. The van der Waals surface area contributed by atoms with Crippen LogP contribution in [0.15, 0.2) is 41.0 Å².